The van der Waals surface area contributed by atoms with Crippen LogP contribution in [0.3, 0.4) is 0 Å². The van der Waals surface area contributed by atoms with Crippen molar-refractivity contribution in [1.29, 1.82) is 0 Å². The Labute approximate surface area is 194 Å². The Bertz CT molecular complexity index is 774. The van der Waals surface area contributed by atoms with Gasteiger partial charge in [0.1, 0.15) is 5.82 Å². The average Bonchev–Trinajstić information content (AvgIpc) is 3.50. The molecule has 9 nitrogen and oxygen atoms in total. The first-order valence-electron chi connectivity index (χ1n) is 10.6. The van der Waals surface area contributed by atoms with E-state index in [9.17, 15) is 0 Å². The fourth-order valence-corrected chi connectivity index (χ4v) is 3.94. The maximum Gasteiger partial charge on any atom is 0.216 e. The van der Waals surface area contributed by atoms with E-state index in [4.69, 9.17) is 14.1 Å². The minimum Gasteiger partial charge on any atom is -0.461 e. The van der Waals surface area contributed by atoms with Crippen LogP contribution < -0.4 is 5.32 Å². The number of halogens is 1. The Balaban J connectivity index is 0.00000256. The number of H-pyrrole nitrogens is 1. The van der Waals surface area contributed by atoms with Crippen LogP contribution in [0.4, 0.5) is 0 Å². The Kier molecular flexibility index (Phi) is 8.94. The van der Waals surface area contributed by atoms with Crippen molar-refractivity contribution >= 4 is 29.9 Å². The Morgan fingerprint density at radius 3 is 2.97 bits per heavy atom. The molecule has 10 heteroatoms. The van der Waals surface area contributed by atoms with Crippen molar-refractivity contribution in [3.05, 3.63) is 24.2 Å². The van der Waals surface area contributed by atoms with Gasteiger partial charge in [-0.25, -0.2) is 4.98 Å². The van der Waals surface area contributed by atoms with Gasteiger partial charge in [0.05, 0.1) is 19.5 Å². The first-order valence-corrected chi connectivity index (χ1v) is 10.6. The minimum absolute atomic E-state index is 0. The van der Waals surface area contributed by atoms with Crippen molar-refractivity contribution in [2.75, 3.05) is 59.0 Å². The number of hydrogen-bond donors (Lipinski definition) is 2. The summed E-state index contributed by atoms with van der Waals surface area (Å²) in [5, 5.41) is 10.6. The summed E-state index contributed by atoms with van der Waals surface area (Å²) < 4.78 is 10.8. The summed E-state index contributed by atoms with van der Waals surface area (Å²) in [4.78, 5) is 14.2. The van der Waals surface area contributed by atoms with Gasteiger partial charge in [-0.1, -0.05) is 0 Å². The van der Waals surface area contributed by atoms with Crippen molar-refractivity contribution in [1.82, 2.24) is 30.3 Å². The van der Waals surface area contributed by atoms with Crippen LogP contribution in [0.2, 0.25) is 0 Å². The fraction of sp³-hybridized carbons (Fsp3) is 0.650. The van der Waals surface area contributed by atoms with Gasteiger partial charge in [0.15, 0.2) is 11.7 Å². The van der Waals surface area contributed by atoms with Gasteiger partial charge in [0, 0.05) is 52.2 Å². The van der Waals surface area contributed by atoms with E-state index in [0.29, 0.717) is 30.5 Å². The number of ether oxygens (including phenoxy) is 1. The van der Waals surface area contributed by atoms with Gasteiger partial charge in [-0.2, -0.15) is 5.10 Å². The zero-order valence-corrected chi connectivity index (χ0v) is 19.9. The second-order valence-corrected chi connectivity index (χ2v) is 7.58. The van der Waals surface area contributed by atoms with Crippen LogP contribution in [-0.2, 0) is 11.2 Å². The van der Waals surface area contributed by atoms with E-state index >= 15 is 0 Å². The van der Waals surface area contributed by atoms with Crippen LogP contribution in [0.5, 0.6) is 0 Å². The first-order chi connectivity index (χ1) is 14.3. The van der Waals surface area contributed by atoms with E-state index in [1.165, 1.54) is 6.42 Å². The largest absolute Gasteiger partial charge is 0.461 e. The number of furan rings is 1. The Hall–Kier alpha value is -1.66. The molecule has 4 heterocycles. The summed E-state index contributed by atoms with van der Waals surface area (Å²) in [7, 11) is 0. The van der Waals surface area contributed by atoms with Gasteiger partial charge in [-0.3, -0.25) is 15.0 Å². The quantitative estimate of drug-likeness (QED) is 0.321. The highest BCUT2D eigenvalue weighted by Crippen LogP contribution is 2.18. The van der Waals surface area contributed by atoms with Crippen LogP contribution in [0.15, 0.2) is 27.8 Å². The van der Waals surface area contributed by atoms with Crippen molar-refractivity contribution in [2.24, 2.45) is 10.9 Å². The summed E-state index contributed by atoms with van der Waals surface area (Å²) >= 11 is 0. The topological polar surface area (TPSA) is 94.8 Å². The van der Waals surface area contributed by atoms with E-state index in [0.717, 1.165) is 64.3 Å². The van der Waals surface area contributed by atoms with Crippen LogP contribution in [-0.4, -0.2) is 90.0 Å². The van der Waals surface area contributed by atoms with E-state index in [1.807, 2.05) is 12.1 Å². The molecular formula is C20H32IN7O2. The molecule has 2 fully saturated rings. The average molecular weight is 529 g/mol. The molecule has 0 bridgehead atoms. The van der Waals surface area contributed by atoms with E-state index in [2.05, 4.69) is 37.2 Å². The van der Waals surface area contributed by atoms with E-state index in [-0.39, 0.29) is 24.0 Å². The van der Waals surface area contributed by atoms with Crippen LogP contribution >= 0.6 is 24.0 Å². The number of aromatic amines is 1. The molecule has 2 aliphatic heterocycles. The van der Waals surface area contributed by atoms with Crippen molar-refractivity contribution in [2.45, 2.75) is 19.8 Å². The molecule has 0 aliphatic carbocycles. The van der Waals surface area contributed by atoms with Gasteiger partial charge in [-0.15, -0.1) is 24.0 Å². The van der Waals surface area contributed by atoms with E-state index < -0.39 is 0 Å². The zero-order valence-electron chi connectivity index (χ0n) is 17.5. The van der Waals surface area contributed by atoms with Crippen LogP contribution in [0.1, 0.15) is 19.2 Å². The second-order valence-electron chi connectivity index (χ2n) is 7.58. The van der Waals surface area contributed by atoms with Gasteiger partial charge in [-0.05, 0) is 31.4 Å². The number of aromatic nitrogens is 3. The maximum absolute atomic E-state index is 5.46. The van der Waals surface area contributed by atoms with Crippen LogP contribution in [0, 0.1) is 5.92 Å². The molecule has 2 N–H and O–H groups in total. The number of hydrogen-bond acceptors (Lipinski definition) is 6. The minimum atomic E-state index is 0. The zero-order chi connectivity index (χ0) is 19.9. The smallest absolute Gasteiger partial charge is 0.216 e. The van der Waals surface area contributed by atoms with Gasteiger partial charge in [0.25, 0.3) is 0 Å². The molecule has 2 saturated heterocycles. The van der Waals surface area contributed by atoms with Gasteiger partial charge >= 0.3 is 0 Å². The number of rotatable bonds is 7. The summed E-state index contributed by atoms with van der Waals surface area (Å²) in [6.45, 7) is 10.8. The molecule has 0 aromatic carbocycles. The standard InChI is InChI=1S/C20H31N7O2.HI/c1-2-21-20(27-8-6-16(15-27)14-26-9-12-28-13-10-26)22-7-5-18-23-19(25-24-18)17-4-3-11-29-17;/h3-4,11,16H,2,5-10,12-15H2,1H3,(H,21,22)(H,23,24,25);1H. The Morgan fingerprint density at radius 2 is 2.20 bits per heavy atom. The summed E-state index contributed by atoms with van der Waals surface area (Å²) in [6, 6.07) is 3.69. The normalized spacial score (nSPS) is 20.4. The van der Waals surface area contributed by atoms with E-state index in [1.54, 1.807) is 6.26 Å². The predicted molar refractivity (Wildman–Crippen MR) is 126 cm³/mol. The molecule has 2 aromatic heterocycles. The lowest BCUT2D eigenvalue weighted by molar-refractivity contribution is 0.0315. The fourth-order valence-electron chi connectivity index (χ4n) is 3.94. The molecule has 4 rings (SSSR count). The van der Waals surface area contributed by atoms with Gasteiger partial charge in [0.2, 0.25) is 5.82 Å². The van der Waals surface area contributed by atoms with Crippen molar-refractivity contribution < 1.29 is 9.15 Å². The molecule has 30 heavy (non-hydrogen) atoms. The molecule has 0 spiro atoms. The highest BCUT2D eigenvalue weighted by atomic mass is 127. The van der Waals surface area contributed by atoms with Gasteiger partial charge < -0.3 is 19.4 Å². The van der Waals surface area contributed by atoms with Crippen molar-refractivity contribution in [3.63, 3.8) is 0 Å². The third-order valence-electron chi connectivity index (χ3n) is 5.42. The molecule has 166 valence electrons. The third-order valence-corrected chi connectivity index (χ3v) is 5.42. The summed E-state index contributed by atoms with van der Waals surface area (Å²) in [5.41, 5.74) is 0. The number of nitrogens with one attached hydrogen (secondary N) is 2. The molecule has 2 aromatic rings. The predicted octanol–water partition coefficient (Wildman–Crippen LogP) is 1.84. The monoisotopic (exact) mass is 529 g/mol. The number of nitrogens with zero attached hydrogens (tertiary/aromatic N) is 5. The number of likely N-dealkylation sites (tertiary alicyclic amines) is 1. The second kappa shape index (κ2) is 11.7. The molecule has 0 saturated carbocycles. The van der Waals surface area contributed by atoms with Crippen LogP contribution in [0.25, 0.3) is 11.6 Å². The highest BCUT2D eigenvalue weighted by Gasteiger charge is 2.27. The SMILES string of the molecule is CCNC(=NCCc1nc(-c2ccco2)n[nH]1)N1CCC(CN2CCOCC2)C1.I. The highest BCUT2D eigenvalue weighted by molar-refractivity contribution is 14.0. The summed E-state index contributed by atoms with van der Waals surface area (Å²) in [5.74, 6) is 3.78. The molecule has 0 amide bonds. The number of guanidine groups is 1. The lowest BCUT2D eigenvalue weighted by Gasteiger charge is -2.29. The number of morpholine rings is 1. The molecule has 0 radical (unpaired) electrons. The molecule has 2 aliphatic rings. The molecule has 1 unspecified atom stereocenters. The molecule has 1 atom stereocenters. The molecular weight excluding hydrogens is 497 g/mol. The Morgan fingerprint density at radius 1 is 1.33 bits per heavy atom. The van der Waals surface area contributed by atoms with Crippen molar-refractivity contribution in [3.8, 4) is 11.6 Å². The summed E-state index contributed by atoms with van der Waals surface area (Å²) in [6.07, 6.45) is 3.56. The lowest BCUT2D eigenvalue weighted by Crippen LogP contribution is -2.42. The lowest BCUT2D eigenvalue weighted by atomic mass is 10.1. The number of aliphatic imine (C=N–C) groups is 1. The third kappa shape index (κ3) is 6.17. The maximum atomic E-state index is 5.46. The first kappa shape index (κ1) is 23.0.